The molecular weight excluding hydrogens is 396 g/mol. The Balaban J connectivity index is 2.13. The second-order valence-electron chi connectivity index (χ2n) is 7.25. The molecule has 1 aromatic carbocycles. The maximum absolute atomic E-state index is 12.7. The molecule has 2 N–H and O–H groups in total. The molecule has 0 fully saturated rings. The van der Waals surface area contributed by atoms with E-state index >= 15 is 0 Å². The van der Waals surface area contributed by atoms with Gasteiger partial charge in [0.05, 0.1) is 6.54 Å². The van der Waals surface area contributed by atoms with Crippen molar-refractivity contribution in [1.29, 1.82) is 0 Å². The zero-order valence-corrected chi connectivity index (χ0v) is 17.6. The van der Waals surface area contributed by atoms with Crippen LogP contribution in [0.15, 0.2) is 39.9 Å². The van der Waals surface area contributed by atoms with Crippen molar-refractivity contribution in [3.8, 4) is 0 Å². The standard InChI is InChI=1S/C20H25ClN4O4/c1-12(2)9-16(23-18(27)13-5-7-14(21)8-6-13)19(28)22-11-15-10-17(26)25(4)20(29)24(15)3/h5-8,10,12,16H,9,11H2,1-4H3,(H,22,28)(H,23,27). The highest BCUT2D eigenvalue weighted by Gasteiger charge is 2.22. The highest BCUT2D eigenvalue weighted by molar-refractivity contribution is 6.30. The fourth-order valence-electron chi connectivity index (χ4n) is 2.79. The number of halogens is 1. The van der Waals surface area contributed by atoms with Crippen molar-refractivity contribution in [3.05, 3.63) is 67.4 Å². The minimum Gasteiger partial charge on any atom is -0.349 e. The first-order valence-corrected chi connectivity index (χ1v) is 9.58. The summed E-state index contributed by atoms with van der Waals surface area (Å²) < 4.78 is 2.28. The highest BCUT2D eigenvalue weighted by atomic mass is 35.5. The lowest BCUT2D eigenvalue weighted by Gasteiger charge is -2.20. The average molecular weight is 421 g/mol. The van der Waals surface area contributed by atoms with Gasteiger partial charge in [0.25, 0.3) is 11.5 Å². The van der Waals surface area contributed by atoms with Crippen LogP contribution in [0.25, 0.3) is 0 Å². The smallest absolute Gasteiger partial charge is 0.330 e. The predicted molar refractivity (Wildman–Crippen MR) is 111 cm³/mol. The zero-order chi connectivity index (χ0) is 21.7. The predicted octanol–water partition coefficient (Wildman–Crippen LogP) is 1.20. The summed E-state index contributed by atoms with van der Waals surface area (Å²) in [6.07, 6.45) is 0.431. The third-order valence-electron chi connectivity index (χ3n) is 4.50. The summed E-state index contributed by atoms with van der Waals surface area (Å²) in [5.74, 6) is -0.623. The van der Waals surface area contributed by atoms with E-state index in [1.54, 1.807) is 24.3 Å². The van der Waals surface area contributed by atoms with E-state index in [0.717, 1.165) is 4.57 Å². The number of carbonyl (C=O) groups is 2. The van der Waals surface area contributed by atoms with Crippen molar-refractivity contribution >= 4 is 23.4 Å². The topological polar surface area (TPSA) is 102 Å². The van der Waals surface area contributed by atoms with Crippen molar-refractivity contribution in [3.63, 3.8) is 0 Å². The van der Waals surface area contributed by atoms with Crippen LogP contribution < -0.4 is 21.9 Å². The van der Waals surface area contributed by atoms with Gasteiger partial charge in [0, 0.05) is 36.4 Å². The second kappa shape index (κ2) is 9.56. The summed E-state index contributed by atoms with van der Waals surface area (Å²) >= 11 is 5.84. The number of hydrogen-bond donors (Lipinski definition) is 2. The van der Waals surface area contributed by atoms with Gasteiger partial charge in [-0.1, -0.05) is 25.4 Å². The van der Waals surface area contributed by atoms with Crippen molar-refractivity contribution in [2.75, 3.05) is 0 Å². The molecule has 0 radical (unpaired) electrons. The molecular formula is C20H25ClN4O4. The van der Waals surface area contributed by atoms with Crippen LogP contribution in [0.3, 0.4) is 0 Å². The van der Waals surface area contributed by atoms with Crippen molar-refractivity contribution in [2.24, 2.45) is 20.0 Å². The molecule has 29 heavy (non-hydrogen) atoms. The van der Waals surface area contributed by atoms with Gasteiger partial charge in [-0.3, -0.25) is 23.5 Å². The molecule has 0 spiro atoms. The Morgan fingerprint density at radius 2 is 1.69 bits per heavy atom. The van der Waals surface area contributed by atoms with E-state index in [-0.39, 0.29) is 18.4 Å². The summed E-state index contributed by atoms with van der Waals surface area (Å²) in [6.45, 7) is 3.88. The molecule has 2 aromatic rings. The molecule has 2 amide bonds. The lowest BCUT2D eigenvalue weighted by molar-refractivity contribution is -0.123. The largest absolute Gasteiger partial charge is 0.349 e. The third-order valence-corrected chi connectivity index (χ3v) is 4.76. The molecule has 0 aliphatic rings. The van der Waals surface area contributed by atoms with Crippen LogP contribution in [0.5, 0.6) is 0 Å². The van der Waals surface area contributed by atoms with Gasteiger partial charge in [-0.25, -0.2) is 4.79 Å². The van der Waals surface area contributed by atoms with E-state index < -0.39 is 23.2 Å². The minimum absolute atomic E-state index is 0.00787. The molecule has 9 heteroatoms. The number of amides is 2. The molecule has 0 aliphatic heterocycles. The third kappa shape index (κ3) is 5.80. The number of nitrogens with one attached hydrogen (secondary N) is 2. The molecule has 0 aliphatic carbocycles. The molecule has 1 atom stereocenters. The molecule has 1 aromatic heterocycles. The van der Waals surface area contributed by atoms with Crippen LogP contribution in [0.1, 0.15) is 36.3 Å². The molecule has 8 nitrogen and oxygen atoms in total. The summed E-state index contributed by atoms with van der Waals surface area (Å²) in [5, 5.41) is 5.95. The number of benzene rings is 1. The number of aromatic nitrogens is 2. The highest BCUT2D eigenvalue weighted by Crippen LogP contribution is 2.11. The Morgan fingerprint density at radius 1 is 1.07 bits per heavy atom. The van der Waals surface area contributed by atoms with E-state index in [4.69, 9.17) is 11.6 Å². The quantitative estimate of drug-likeness (QED) is 0.702. The summed E-state index contributed by atoms with van der Waals surface area (Å²) in [6, 6.07) is 6.90. The van der Waals surface area contributed by atoms with E-state index in [1.807, 2.05) is 13.8 Å². The molecule has 1 heterocycles. The number of rotatable bonds is 7. The second-order valence-corrected chi connectivity index (χ2v) is 7.69. The molecule has 156 valence electrons. The monoisotopic (exact) mass is 420 g/mol. The Kier molecular flexibility index (Phi) is 7.39. The van der Waals surface area contributed by atoms with E-state index in [2.05, 4.69) is 10.6 Å². The Bertz CT molecular complexity index is 1010. The van der Waals surface area contributed by atoms with Crippen molar-refractivity contribution in [2.45, 2.75) is 32.9 Å². The molecule has 0 saturated heterocycles. The molecule has 2 rings (SSSR count). The Labute approximate surface area is 173 Å². The molecule has 1 unspecified atom stereocenters. The first kappa shape index (κ1) is 22.4. The van der Waals surface area contributed by atoms with Crippen molar-refractivity contribution in [1.82, 2.24) is 19.8 Å². The average Bonchev–Trinajstić information content (AvgIpc) is 2.67. The van der Waals surface area contributed by atoms with Crippen LogP contribution in [-0.4, -0.2) is 27.0 Å². The summed E-state index contributed by atoms with van der Waals surface area (Å²) in [7, 11) is 2.91. The SMILES string of the molecule is CC(C)CC(NC(=O)c1ccc(Cl)cc1)C(=O)NCc1cc(=O)n(C)c(=O)n1C. The van der Waals surface area contributed by atoms with Gasteiger partial charge in [-0.15, -0.1) is 0 Å². The lowest BCUT2D eigenvalue weighted by atomic mass is 10.0. The first-order valence-electron chi connectivity index (χ1n) is 9.20. The Morgan fingerprint density at radius 3 is 2.28 bits per heavy atom. The number of nitrogens with zero attached hydrogens (tertiary/aromatic N) is 2. The van der Waals surface area contributed by atoms with Crippen LogP contribution in [-0.2, 0) is 25.4 Å². The normalized spacial score (nSPS) is 11.9. The summed E-state index contributed by atoms with van der Waals surface area (Å²) in [4.78, 5) is 49.0. The minimum atomic E-state index is -0.762. The number of carbonyl (C=O) groups excluding carboxylic acids is 2. The van der Waals surface area contributed by atoms with E-state index in [1.165, 1.54) is 24.7 Å². The van der Waals surface area contributed by atoms with Gasteiger partial charge in [-0.05, 0) is 36.6 Å². The fourth-order valence-corrected chi connectivity index (χ4v) is 2.92. The van der Waals surface area contributed by atoms with E-state index in [9.17, 15) is 19.2 Å². The maximum atomic E-state index is 12.7. The van der Waals surface area contributed by atoms with Gasteiger partial charge in [-0.2, -0.15) is 0 Å². The Hall–Kier alpha value is -2.87. The van der Waals surface area contributed by atoms with Gasteiger partial charge in [0.2, 0.25) is 5.91 Å². The van der Waals surface area contributed by atoms with Gasteiger partial charge in [0.1, 0.15) is 6.04 Å². The van der Waals surface area contributed by atoms with Gasteiger partial charge < -0.3 is 10.6 Å². The van der Waals surface area contributed by atoms with Crippen LogP contribution in [0.2, 0.25) is 5.02 Å². The van der Waals surface area contributed by atoms with E-state index in [0.29, 0.717) is 22.7 Å². The molecule has 0 saturated carbocycles. The van der Waals surface area contributed by atoms with Crippen LogP contribution in [0.4, 0.5) is 0 Å². The van der Waals surface area contributed by atoms with Crippen LogP contribution >= 0.6 is 11.6 Å². The zero-order valence-electron chi connectivity index (χ0n) is 16.9. The maximum Gasteiger partial charge on any atom is 0.330 e. The fraction of sp³-hybridized carbons (Fsp3) is 0.400. The van der Waals surface area contributed by atoms with Crippen LogP contribution in [0, 0.1) is 5.92 Å². The molecule has 0 bridgehead atoms. The lowest BCUT2D eigenvalue weighted by Crippen LogP contribution is -2.48. The first-order chi connectivity index (χ1) is 13.6. The number of hydrogen-bond acceptors (Lipinski definition) is 4. The summed E-state index contributed by atoms with van der Waals surface area (Å²) in [5.41, 5.74) is -0.160. The van der Waals surface area contributed by atoms with Gasteiger partial charge in [0.15, 0.2) is 0 Å². The van der Waals surface area contributed by atoms with Crippen molar-refractivity contribution < 1.29 is 9.59 Å². The van der Waals surface area contributed by atoms with Gasteiger partial charge >= 0.3 is 5.69 Å².